The number of carboxylic acid groups (broad SMARTS) is 1. The minimum absolute atomic E-state index is 0.412. The number of aryl methyl sites for hydroxylation is 1. The number of para-hydroxylation sites is 1. The number of phenols is 1. The van der Waals surface area contributed by atoms with Gasteiger partial charge in [-0.1, -0.05) is 60.3 Å². The molecule has 5 rings (SSSR count). The summed E-state index contributed by atoms with van der Waals surface area (Å²) < 4.78 is 2.14. The van der Waals surface area contributed by atoms with Gasteiger partial charge in [-0.3, -0.25) is 0 Å². The summed E-state index contributed by atoms with van der Waals surface area (Å²) in [6.07, 6.45) is 6.90. The van der Waals surface area contributed by atoms with Gasteiger partial charge in [-0.2, -0.15) is 0 Å². The standard InChI is InChI=1S/C21H21N3.C7H6O4/c1-3-8-19-17(6-1)14-18-7-2-4-9-20(18)21(19)15-22-10-5-12-24-13-11-23-16-24;8-5-3-1-2-4(6(5)9)7(10)11/h1-4,6-9,11,13-14,16,22H,5,10,12,15H2;1-3,8-9H,(H,10,11). The van der Waals surface area contributed by atoms with Gasteiger partial charge in [0.1, 0.15) is 12.3 Å². The highest BCUT2D eigenvalue weighted by molar-refractivity contribution is 6.02. The van der Waals surface area contributed by atoms with Crippen LogP contribution in [0.3, 0.4) is 0 Å². The topological polar surface area (TPSA) is 115 Å². The molecule has 0 aliphatic carbocycles. The molecule has 1 heterocycles. The van der Waals surface area contributed by atoms with Crippen LogP contribution >= 0.6 is 0 Å². The summed E-state index contributed by atoms with van der Waals surface area (Å²) in [5, 5.41) is 35.8. The van der Waals surface area contributed by atoms with E-state index in [-0.39, 0.29) is 0 Å². The molecule has 0 spiro atoms. The lowest BCUT2D eigenvalue weighted by Crippen LogP contribution is -2.82. The smallest absolute Gasteiger partial charge is 0.335 e. The van der Waals surface area contributed by atoms with Gasteiger partial charge in [-0.15, -0.1) is 0 Å². The average molecular weight is 470 g/mol. The number of aromatic nitrogens is 2. The highest BCUT2D eigenvalue weighted by Crippen LogP contribution is 2.28. The third kappa shape index (κ3) is 5.77. The van der Waals surface area contributed by atoms with Crippen LogP contribution in [0.2, 0.25) is 0 Å². The van der Waals surface area contributed by atoms with E-state index in [4.69, 9.17) is 10.2 Å². The highest BCUT2D eigenvalue weighted by Gasteiger charge is 2.08. The van der Waals surface area contributed by atoms with Crippen molar-refractivity contribution in [3.63, 3.8) is 0 Å². The number of hydrogen-bond acceptors (Lipinski definition) is 4. The minimum Gasteiger partial charge on any atom is -0.869 e. The fraction of sp³-hybridized carbons (Fsp3) is 0.143. The molecule has 0 atom stereocenters. The molecule has 0 radical (unpaired) electrons. The van der Waals surface area contributed by atoms with Gasteiger partial charge in [0.15, 0.2) is 0 Å². The summed E-state index contributed by atoms with van der Waals surface area (Å²) >= 11 is 0. The second-order valence-electron chi connectivity index (χ2n) is 8.19. The number of quaternary nitrogens is 1. The molecule has 35 heavy (non-hydrogen) atoms. The van der Waals surface area contributed by atoms with Crippen LogP contribution in [0.5, 0.6) is 11.5 Å². The van der Waals surface area contributed by atoms with Crippen LogP contribution in [-0.2, 0) is 13.1 Å². The van der Waals surface area contributed by atoms with Crippen LogP contribution in [0.1, 0.15) is 22.3 Å². The summed E-state index contributed by atoms with van der Waals surface area (Å²) in [7, 11) is 0. The number of carboxylic acids is 1. The Hall–Kier alpha value is -4.36. The van der Waals surface area contributed by atoms with Crippen molar-refractivity contribution >= 4 is 27.5 Å². The Bertz CT molecular complexity index is 1380. The average Bonchev–Trinajstić information content (AvgIpc) is 3.39. The summed E-state index contributed by atoms with van der Waals surface area (Å²) in [6.45, 7) is 3.17. The van der Waals surface area contributed by atoms with Crippen LogP contribution in [0.15, 0.2) is 91.5 Å². The molecule has 0 unspecified atom stereocenters. The number of nitrogens with zero attached hydrogens (tertiary/aromatic N) is 2. The molecule has 0 aliphatic heterocycles. The van der Waals surface area contributed by atoms with Crippen LogP contribution in [0, 0.1) is 0 Å². The first-order valence-corrected chi connectivity index (χ1v) is 11.4. The molecular formula is C28H27N3O4. The molecule has 0 saturated heterocycles. The molecule has 0 saturated carbocycles. The van der Waals surface area contributed by atoms with E-state index < -0.39 is 23.0 Å². The maximum absolute atomic E-state index is 10.8. The van der Waals surface area contributed by atoms with Crippen molar-refractivity contribution in [2.45, 2.75) is 19.5 Å². The zero-order valence-corrected chi connectivity index (χ0v) is 19.2. The first kappa shape index (κ1) is 23.8. The molecule has 0 aliphatic rings. The fourth-order valence-electron chi connectivity index (χ4n) is 4.10. The summed E-state index contributed by atoms with van der Waals surface area (Å²) in [4.78, 5) is 14.4. The van der Waals surface area contributed by atoms with Crippen molar-refractivity contribution in [2.75, 3.05) is 6.54 Å². The Morgan fingerprint density at radius 1 is 0.971 bits per heavy atom. The van der Waals surface area contributed by atoms with Gasteiger partial charge in [-0.05, 0) is 39.7 Å². The monoisotopic (exact) mass is 469 g/mol. The SMILES string of the molecule is O=C(O)c1cccc(O)c1[O-].c1ccc2c(C[NH2+]CCCn3ccnc3)c3ccccc3cc2c1. The van der Waals surface area contributed by atoms with Gasteiger partial charge in [0.25, 0.3) is 0 Å². The van der Waals surface area contributed by atoms with Crippen LogP contribution in [0.25, 0.3) is 21.5 Å². The highest BCUT2D eigenvalue weighted by atomic mass is 16.4. The predicted octanol–water partition coefficient (Wildman–Crippen LogP) is 3.51. The van der Waals surface area contributed by atoms with Gasteiger partial charge >= 0.3 is 5.97 Å². The lowest BCUT2D eigenvalue weighted by atomic mass is 9.97. The molecule has 5 aromatic rings. The number of aromatic hydroxyl groups is 1. The van der Waals surface area contributed by atoms with Gasteiger partial charge in [0.2, 0.25) is 0 Å². The van der Waals surface area contributed by atoms with Crippen LogP contribution in [-0.4, -0.2) is 32.3 Å². The first-order chi connectivity index (χ1) is 17.0. The van der Waals surface area contributed by atoms with Gasteiger partial charge < -0.3 is 25.2 Å². The van der Waals surface area contributed by atoms with E-state index in [1.54, 1.807) is 0 Å². The summed E-state index contributed by atoms with van der Waals surface area (Å²) in [6, 6.07) is 23.3. The molecule has 178 valence electrons. The van der Waals surface area contributed by atoms with Crippen molar-refractivity contribution in [1.29, 1.82) is 0 Å². The number of benzene rings is 4. The number of nitrogens with two attached hydrogens (primary N) is 1. The van der Waals surface area contributed by atoms with Crippen LogP contribution < -0.4 is 10.4 Å². The fourth-order valence-corrected chi connectivity index (χ4v) is 4.10. The molecule has 0 bridgehead atoms. The maximum Gasteiger partial charge on any atom is 0.335 e. The molecule has 4 aromatic carbocycles. The van der Waals surface area contributed by atoms with E-state index in [2.05, 4.69) is 69.5 Å². The van der Waals surface area contributed by atoms with Crippen molar-refractivity contribution in [1.82, 2.24) is 9.55 Å². The second-order valence-corrected chi connectivity index (χ2v) is 8.19. The number of fused-ring (bicyclic) bond motifs is 2. The van der Waals surface area contributed by atoms with Gasteiger partial charge in [0.05, 0.1) is 18.4 Å². The Morgan fingerprint density at radius 3 is 2.26 bits per heavy atom. The van der Waals surface area contributed by atoms with Gasteiger partial charge in [-0.25, -0.2) is 9.78 Å². The number of phenolic OH excluding ortho intramolecular Hbond substituents is 1. The number of aromatic carboxylic acids is 1. The van der Waals surface area contributed by atoms with Gasteiger partial charge in [0, 0.05) is 30.9 Å². The van der Waals surface area contributed by atoms with Crippen molar-refractivity contribution in [3.8, 4) is 11.5 Å². The molecule has 1 aromatic heterocycles. The zero-order chi connectivity index (χ0) is 24.6. The molecular weight excluding hydrogens is 442 g/mol. The van der Waals surface area contributed by atoms with E-state index >= 15 is 0 Å². The third-order valence-corrected chi connectivity index (χ3v) is 5.84. The Labute approximate surface area is 202 Å². The van der Waals surface area contributed by atoms with Crippen LogP contribution in [0.4, 0.5) is 0 Å². The Balaban J connectivity index is 0.000000221. The number of carbonyl (C=O) groups is 1. The molecule has 0 amide bonds. The van der Waals surface area contributed by atoms with E-state index in [0.29, 0.717) is 0 Å². The van der Waals surface area contributed by atoms with E-state index in [1.807, 2.05) is 18.7 Å². The zero-order valence-electron chi connectivity index (χ0n) is 19.2. The van der Waals surface area contributed by atoms with Crippen molar-refractivity contribution in [2.24, 2.45) is 0 Å². The lowest BCUT2D eigenvalue weighted by Gasteiger charge is -2.11. The minimum atomic E-state index is -1.33. The normalized spacial score (nSPS) is 10.7. The molecule has 0 fully saturated rings. The number of rotatable bonds is 7. The van der Waals surface area contributed by atoms with E-state index in [9.17, 15) is 9.90 Å². The van der Waals surface area contributed by atoms with Crippen molar-refractivity contribution < 1.29 is 25.4 Å². The Kier molecular flexibility index (Phi) is 7.60. The quantitative estimate of drug-likeness (QED) is 0.249. The summed E-state index contributed by atoms with van der Waals surface area (Å²) in [5.74, 6) is -2.71. The Morgan fingerprint density at radius 2 is 1.66 bits per heavy atom. The molecule has 7 heteroatoms. The van der Waals surface area contributed by atoms with E-state index in [1.165, 1.54) is 33.2 Å². The van der Waals surface area contributed by atoms with E-state index in [0.717, 1.165) is 38.2 Å². The maximum atomic E-state index is 10.8. The second kappa shape index (κ2) is 11.2. The largest absolute Gasteiger partial charge is 0.869 e. The number of imidazole rings is 1. The predicted molar refractivity (Wildman–Crippen MR) is 133 cm³/mol. The molecule has 4 N–H and O–H groups in total. The van der Waals surface area contributed by atoms with Crippen molar-refractivity contribution in [3.05, 3.63) is 103 Å². The third-order valence-electron chi connectivity index (χ3n) is 5.84. The molecule has 7 nitrogen and oxygen atoms in total. The first-order valence-electron chi connectivity index (χ1n) is 11.4. The number of hydrogen-bond donors (Lipinski definition) is 3. The lowest BCUT2D eigenvalue weighted by molar-refractivity contribution is -0.670. The summed E-state index contributed by atoms with van der Waals surface area (Å²) in [5.41, 5.74) is 1.04.